The second-order valence-electron chi connectivity index (χ2n) is 1.36. The van der Waals surface area contributed by atoms with Crippen LogP contribution in [0.2, 0.25) is 0 Å². The van der Waals surface area contributed by atoms with E-state index in [4.69, 9.17) is 10.2 Å². The molecule has 52 valence electrons. The maximum atomic E-state index is 9.94. The number of aliphatic hydroxyl groups is 1. The minimum Gasteiger partial charge on any atom is -0.480 e. The Balaban J connectivity index is 3.67. The highest BCUT2D eigenvalue weighted by Gasteiger charge is 2.13. The summed E-state index contributed by atoms with van der Waals surface area (Å²) in [6, 6.07) is -1.18. The zero-order valence-electron chi connectivity index (χ0n) is 4.57. The maximum absolute atomic E-state index is 9.94. The van der Waals surface area contributed by atoms with Gasteiger partial charge in [-0.15, -0.1) is 0 Å². The van der Waals surface area contributed by atoms with Crippen molar-refractivity contribution in [2.45, 2.75) is 6.04 Å². The van der Waals surface area contributed by atoms with E-state index in [2.05, 4.69) is 0 Å². The summed E-state index contributed by atoms with van der Waals surface area (Å²) in [5.74, 6) is -1.25. The minimum atomic E-state index is -1.25. The van der Waals surface area contributed by atoms with Gasteiger partial charge in [0.25, 0.3) is 0 Å². The van der Waals surface area contributed by atoms with Crippen LogP contribution in [0.25, 0.3) is 0 Å². The second kappa shape index (κ2) is 3.85. The van der Waals surface area contributed by atoms with Crippen LogP contribution < -0.4 is 5.32 Å². The lowest BCUT2D eigenvalue weighted by molar-refractivity contribution is -0.141. The lowest BCUT2D eigenvalue weighted by atomic mass is 10.3. The lowest BCUT2D eigenvalue weighted by Gasteiger charge is -2.04. The zero-order chi connectivity index (χ0) is 7.28. The number of carbonyl (C=O) groups excluding carboxylic acids is 1. The summed E-state index contributed by atoms with van der Waals surface area (Å²) in [6.07, 6.45) is 0.231. The number of amides is 1. The Hall–Kier alpha value is -1.10. The van der Waals surface area contributed by atoms with Crippen LogP contribution in [-0.4, -0.2) is 35.2 Å². The number of nitrogens with one attached hydrogen (secondary N) is 1. The molecule has 5 nitrogen and oxygen atoms in total. The summed E-state index contributed by atoms with van der Waals surface area (Å²) in [4.78, 5) is 19.5. The molecule has 0 bridgehead atoms. The number of carboxylic acid groups (broad SMARTS) is 1. The van der Waals surface area contributed by atoms with E-state index < -0.39 is 18.6 Å². The third-order valence-corrected chi connectivity index (χ3v) is 0.750. The summed E-state index contributed by atoms with van der Waals surface area (Å²) < 4.78 is 0. The van der Waals surface area contributed by atoms with Crippen molar-refractivity contribution in [1.29, 1.82) is 0 Å². The van der Waals surface area contributed by atoms with Crippen molar-refractivity contribution in [3.63, 3.8) is 0 Å². The molecule has 0 unspecified atom stereocenters. The van der Waals surface area contributed by atoms with Gasteiger partial charge in [-0.05, 0) is 0 Å². The van der Waals surface area contributed by atoms with Crippen molar-refractivity contribution < 1.29 is 19.8 Å². The molecule has 1 atom stereocenters. The van der Waals surface area contributed by atoms with E-state index in [9.17, 15) is 9.59 Å². The average molecular weight is 133 g/mol. The molecule has 0 fully saturated rings. The number of hydrogen-bond donors (Lipinski definition) is 3. The van der Waals surface area contributed by atoms with E-state index in [-0.39, 0.29) is 6.41 Å². The van der Waals surface area contributed by atoms with E-state index >= 15 is 0 Å². The molecule has 5 heteroatoms. The third kappa shape index (κ3) is 2.65. The van der Waals surface area contributed by atoms with E-state index in [1.807, 2.05) is 5.32 Å². The van der Waals surface area contributed by atoms with Crippen LogP contribution in [0.4, 0.5) is 0 Å². The quantitative estimate of drug-likeness (QED) is 0.394. The number of hydrogen-bond acceptors (Lipinski definition) is 3. The lowest BCUT2D eigenvalue weighted by Crippen LogP contribution is -2.38. The molecular weight excluding hydrogens is 126 g/mol. The summed E-state index contributed by atoms with van der Waals surface area (Å²) in [5.41, 5.74) is 0. The van der Waals surface area contributed by atoms with Gasteiger partial charge in [-0.25, -0.2) is 4.79 Å². The number of carbonyl (C=O) groups is 2. The Kier molecular flexibility index (Phi) is 3.38. The molecule has 3 N–H and O–H groups in total. The van der Waals surface area contributed by atoms with Gasteiger partial charge in [0.2, 0.25) is 6.41 Å². The monoisotopic (exact) mass is 133 g/mol. The molecule has 0 saturated heterocycles. The van der Waals surface area contributed by atoms with E-state index in [0.717, 1.165) is 0 Å². The SMILES string of the molecule is O=CN[C@H](CO)C(=O)O. The minimum absolute atomic E-state index is 0.231. The Morgan fingerprint density at radius 2 is 2.33 bits per heavy atom. The Bertz CT molecular complexity index is 113. The summed E-state index contributed by atoms with van der Waals surface area (Å²) in [7, 11) is 0. The topological polar surface area (TPSA) is 86.6 Å². The van der Waals surface area contributed by atoms with Crippen LogP contribution >= 0.6 is 0 Å². The van der Waals surface area contributed by atoms with Gasteiger partial charge in [-0.2, -0.15) is 0 Å². The largest absolute Gasteiger partial charge is 0.480 e. The molecule has 0 aromatic heterocycles. The van der Waals surface area contributed by atoms with Crippen molar-refractivity contribution >= 4 is 12.4 Å². The zero-order valence-corrected chi connectivity index (χ0v) is 4.57. The van der Waals surface area contributed by atoms with Gasteiger partial charge in [-0.1, -0.05) is 0 Å². The summed E-state index contributed by atoms with van der Waals surface area (Å²) in [5, 5.41) is 18.2. The van der Waals surface area contributed by atoms with Gasteiger partial charge in [0.15, 0.2) is 0 Å². The molecule has 0 rings (SSSR count). The van der Waals surface area contributed by atoms with Crippen molar-refractivity contribution in [2.24, 2.45) is 0 Å². The molecule has 9 heavy (non-hydrogen) atoms. The van der Waals surface area contributed by atoms with Gasteiger partial charge in [0.1, 0.15) is 6.04 Å². The van der Waals surface area contributed by atoms with Gasteiger partial charge in [0.05, 0.1) is 6.61 Å². The van der Waals surface area contributed by atoms with E-state index in [0.29, 0.717) is 0 Å². The Morgan fingerprint density at radius 3 is 2.44 bits per heavy atom. The number of aliphatic carboxylic acids is 1. The first-order valence-corrected chi connectivity index (χ1v) is 2.25. The molecular formula is C4H7NO4. The number of aliphatic hydroxyl groups excluding tert-OH is 1. The standard InChI is InChI=1S/C4H7NO4/c6-1-3(4(8)9)5-2-7/h2-3,6H,1H2,(H,5,7)(H,8,9)/t3-/m1/s1. The summed E-state index contributed by atoms with van der Waals surface area (Å²) in [6.45, 7) is -0.589. The van der Waals surface area contributed by atoms with Crippen LogP contribution in [0.1, 0.15) is 0 Å². The van der Waals surface area contributed by atoms with E-state index in [1.165, 1.54) is 0 Å². The molecule has 0 aliphatic rings. The van der Waals surface area contributed by atoms with Gasteiger partial charge in [-0.3, -0.25) is 4.79 Å². The fourth-order valence-corrected chi connectivity index (χ4v) is 0.284. The molecule has 0 saturated carbocycles. The van der Waals surface area contributed by atoms with Crippen LogP contribution in [0, 0.1) is 0 Å². The number of carboxylic acids is 1. The first-order valence-electron chi connectivity index (χ1n) is 2.25. The Morgan fingerprint density at radius 1 is 1.78 bits per heavy atom. The second-order valence-corrected chi connectivity index (χ2v) is 1.36. The maximum Gasteiger partial charge on any atom is 0.328 e. The van der Waals surface area contributed by atoms with Crippen molar-refractivity contribution in [3.8, 4) is 0 Å². The fourth-order valence-electron chi connectivity index (χ4n) is 0.284. The van der Waals surface area contributed by atoms with Crippen LogP contribution in [-0.2, 0) is 9.59 Å². The molecule has 0 aliphatic carbocycles. The molecule has 0 spiro atoms. The van der Waals surface area contributed by atoms with Gasteiger partial charge < -0.3 is 15.5 Å². The Labute approximate surface area is 51.3 Å². The molecule has 1 amide bonds. The molecule has 0 aromatic carbocycles. The highest BCUT2D eigenvalue weighted by atomic mass is 16.4. The van der Waals surface area contributed by atoms with Gasteiger partial charge in [0, 0.05) is 0 Å². The predicted octanol–water partition coefficient (Wildman–Crippen LogP) is -1.82. The van der Waals surface area contributed by atoms with Crippen molar-refractivity contribution in [1.82, 2.24) is 5.32 Å². The van der Waals surface area contributed by atoms with Crippen molar-refractivity contribution in [2.75, 3.05) is 6.61 Å². The van der Waals surface area contributed by atoms with Gasteiger partial charge >= 0.3 is 5.97 Å². The predicted molar refractivity (Wildman–Crippen MR) is 27.7 cm³/mol. The fraction of sp³-hybridized carbons (Fsp3) is 0.500. The normalized spacial score (nSPS) is 12.1. The molecule has 0 aliphatic heterocycles. The first-order chi connectivity index (χ1) is 4.22. The third-order valence-electron chi connectivity index (χ3n) is 0.750. The number of rotatable bonds is 4. The van der Waals surface area contributed by atoms with E-state index in [1.54, 1.807) is 0 Å². The van der Waals surface area contributed by atoms with Crippen molar-refractivity contribution in [3.05, 3.63) is 0 Å². The molecule has 0 heterocycles. The smallest absolute Gasteiger partial charge is 0.328 e. The average Bonchev–Trinajstić information content (AvgIpc) is 1.82. The summed E-state index contributed by atoms with van der Waals surface area (Å²) >= 11 is 0. The molecule has 0 radical (unpaired) electrons. The highest BCUT2D eigenvalue weighted by Crippen LogP contribution is 1.77. The molecule has 0 aromatic rings. The van der Waals surface area contributed by atoms with Crippen LogP contribution in [0.3, 0.4) is 0 Å². The first kappa shape index (κ1) is 7.90. The van der Waals surface area contributed by atoms with Crippen LogP contribution in [0.5, 0.6) is 0 Å². The highest BCUT2D eigenvalue weighted by molar-refractivity contribution is 5.76. The van der Waals surface area contributed by atoms with Crippen LogP contribution in [0.15, 0.2) is 0 Å².